The summed E-state index contributed by atoms with van der Waals surface area (Å²) in [7, 11) is 0. The molecular weight excluding hydrogens is 270 g/mol. The molecule has 0 radical (unpaired) electrons. The Balaban J connectivity index is 1.69. The summed E-state index contributed by atoms with van der Waals surface area (Å²) in [6.45, 7) is 1.20. The van der Waals surface area contributed by atoms with Gasteiger partial charge in [0.1, 0.15) is 11.3 Å². The van der Waals surface area contributed by atoms with Crippen molar-refractivity contribution in [2.45, 2.75) is 18.5 Å². The largest absolute Gasteiger partial charge is 0.440 e. The Morgan fingerprint density at radius 3 is 2.86 bits per heavy atom. The fourth-order valence-corrected chi connectivity index (χ4v) is 2.35. The van der Waals surface area contributed by atoms with Gasteiger partial charge in [-0.2, -0.15) is 0 Å². The number of hydrogen-bond acceptors (Lipinski definition) is 5. The van der Waals surface area contributed by atoms with Crippen LogP contribution in [-0.2, 0) is 16.1 Å². The molecule has 21 heavy (non-hydrogen) atoms. The third-order valence-corrected chi connectivity index (χ3v) is 3.67. The van der Waals surface area contributed by atoms with E-state index in [4.69, 9.17) is 14.9 Å². The minimum Gasteiger partial charge on any atom is -0.440 e. The number of amides is 1. The first-order chi connectivity index (χ1) is 10.2. The second-order valence-corrected chi connectivity index (χ2v) is 5.10. The van der Waals surface area contributed by atoms with Crippen molar-refractivity contribution < 1.29 is 13.9 Å². The first kappa shape index (κ1) is 13.8. The number of aromatic nitrogens is 1. The topological polar surface area (TPSA) is 90.4 Å². The summed E-state index contributed by atoms with van der Waals surface area (Å²) in [5, 5.41) is 3.14. The zero-order chi connectivity index (χ0) is 14.7. The number of oxazole rings is 1. The van der Waals surface area contributed by atoms with E-state index in [1.807, 2.05) is 30.3 Å². The van der Waals surface area contributed by atoms with Crippen molar-refractivity contribution in [2.24, 2.45) is 5.73 Å². The van der Waals surface area contributed by atoms with Crippen LogP contribution in [0.2, 0.25) is 0 Å². The third kappa shape index (κ3) is 2.81. The minimum atomic E-state index is -0.806. The van der Waals surface area contributed by atoms with Gasteiger partial charge in [-0.1, -0.05) is 18.2 Å². The first-order valence-electron chi connectivity index (χ1n) is 6.82. The van der Waals surface area contributed by atoms with E-state index in [1.54, 1.807) is 6.20 Å². The van der Waals surface area contributed by atoms with Gasteiger partial charge in [0.2, 0.25) is 11.8 Å². The maximum absolute atomic E-state index is 11.6. The van der Waals surface area contributed by atoms with Crippen LogP contribution in [0.5, 0.6) is 0 Å². The highest BCUT2D eigenvalue weighted by Crippen LogP contribution is 2.21. The number of carbonyl (C=O) groups is 1. The SMILES string of the molecule is NC(=O)C1(NCc2cnc(-c3ccccc3)o2)CCOC1. The summed E-state index contributed by atoms with van der Waals surface area (Å²) in [6, 6.07) is 9.65. The molecule has 3 N–H and O–H groups in total. The van der Waals surface area contributed by atoms with E-state index in [-0.39, 0.29) is 0 Å². The summed E-state index contributed by atoms with van der Waals surface area (Å²) in [5.74, 6) is 0.812. The van der Waals surface area contributed by atoms with Crippen LogP contribution in [0.3, 0.4) is 0 Å². The Hall–Kier alpha value is -2.18. The van der Waals surface area contributed by atoms with E-state index in [0.717, 1.165) is 5.56 Å². The number of nitrogens with one attached hydrogen (secondary N) is 1. The molecule has 2 heterocycles. The van der Waals surface area contributed by atoms with Crippen LogP contribution in [0, 0.1) is 0 Å². The molecule has 0 aliphatic carbocycles. The molecule has 0 bridgehead atoms. The maximum atomic E-state index is 11.6. The Kier molecular flexibility index (Phi) is 3.72. The van der Waals surface area contributed by atoms with Crippen molar-refractivity contribution in [3.63, 3.8) is 0 Å². The molecule has 6 heteroatoms. The van der Waals surface area contributed by atoms with Gasteiger partial charge in [-0.3, -0.25) is 10.1 Å². The average Bonchev–Trinajstić information content (AvgIpc) is 3.16. The van der Waals surface area contributed by atoms with Crippen molar-refractivity contribution in [3.05, 3.63) is 42.3 Å². The number of carbonyl (C=O) groups excluding carboxylic acids is 1. The molecule has 1 amide bonds. The van der Waals surface area contributed by atoms with Gasteiger partial charge in [-0.15, -0.1) is 0 Å². The van der Waals surface area contributed by atoms with E-state index >= 15 is 0 Å². The summed E-state index contributed by atoms with van der Waals surface area (Å²) in [4.78, 5) is 15.9. The lowest BCUT2D eigenvalue weighted by molar-refractivity contribution is -0.124. The van der Waals surface area contributed by atoms with E-state index in [2.05, 4.69) is 10.3 Å². The molecule has 3 rings (SSSR count). The molecule has 6 nitrogen and oxygen atoms in total. The van der Waals surface area contributed by atoms with Gasteiger partial charge in [-0.05, 0) is 12.1 Å². The predicted octanol–water partition coefficient (Wildman–Crippen LogP) is 1.08. The van der Waals surface area contributed by atoms with Crippen LogP contribution in [0.4, 0.5) is 0 Å². The smallest absolute Gasteiger partial charge is 0.240 e. The third-order valence-electron chi connectivity index (χ3n) is 3.67. The van der Waals surface area contributed by atoms with Crippen LogP contribution in [0.1, 0.15) is 12.2 Å². The molecule has 2 aromatic rings. The normalized spacial score (nSPS) is 21.5. The second kappa shape index (κ2) is 5.67. The highest BCUT2D eigenvalue weighted by atomic mass is 16.5. The van der Waals surface area contributed by atoms with Gasteiger partial charge in [0, 0.05) is 18.6 Å². The summed E-state index contributed by atoms with van der Waals surface area (Å²) < 4.78 is 11.0. The summed E-state index contributed by atoms with van der Waals surface area (Å²) >= 11 is 0. The number of rotatable bonds is 5. The summed E-state index contributed by atoms with van der Waals surface area (Å²) in [5.41, 5.74) is 5.57. The minimum absolute atomic E-state index is 0.294. The van der Waals surface area contributed by atoms with Crippen LogP contribution in [0.15, 0.2) is 40.9 Å². The molecular formula is C15H17N3O3. The zero-order valence-electron chi connectivity index (χ0n) is 11.5. The molecule has 0 spiro atoms. The van der Waals surface area contributed by atoms with Crippen molar-refractivity contribution >= 4 is 5.91 Å². The lowest BCUT2D eigenvalue weighted by atomic mass is 9.98. The molecule has 110 valence electrons. The van der Waals surface area contributed by atoms with Crippen molar-refractivity contribution in [3.8, 4) is 11.5 Å². The van der Waals surface area contributed by atoms with Gasteiger partial charge in [-0.25, -0.2) is 4.98 Å². The van der Waals surface area contributed by atoms with E-state index < -0.39 is 11.4 Å². The Bertz CT molecular complexity index is 618. The fourth-order valence-electron chi connectivity index (χ4n) is 2.35. The van der Waals surface area contributed by atoms with Crippen LogP contribution >= 0.6 is 0 Å². The number of ether oxygens (including phenoxy) is 1. The molecule has 0 saturated carbocycles. The number of hydrogen-bond donors (Lipinski definition) is 2. The van der Waals surface area contributed by atoms with Gasteiger partial charge < -0.3 is 14.9 Å². The Labute approximate surface area is 122 Å². The monoisotopic (exact) mass is 287 g/mol. The van der Waals surface area contributed by atoms with E-state index in [0.29, 0.717) is 37.8 Å². The highest BCUT2D eigenvalue weighted by molar-refractivity contribution is 5.85. The van der Waals surface area contributed by atoms with E-state index in [1.165, 1.54) is 0 Å². The average molecular weight is 287 g/mol. The number of benzene rings is 1. The Morgan fingerprint density at radius 1 is 1.38 bits per heavy atom. The number of nitrogens with zero attached hydrogens (tertiary/aromatic N) is 1. The molecule has 1 aromatic carbocycles. The van der Waals surface area contributed by atoms with Crippen molar-refractivity contribution in [1.29, 1.82) is 0 Å². The quantitative estimate of drug-likeness (QED) is 0.858. The predicted molar refractivity (Wildman–Crippen MR) is 76.1 cm³/mol. The molecule has 1 aliphatic heterocycles. The molecule has 1 atom stereocenters. The molecule has 1 unspecified atom stereocenters. The highest BCUT2D eigenvalue weighted by Gasteiger charge is 2.40. The lowest BCUT2D eigenvalue weighted by Gasteiger charge is -2.24. The zero-order valence-corrected chi connectivity index (χ0v) is 11.5. The standard InChI is InChI=1S/C15H17N3O3/c16-14(19)15(6-7-20-10-15)18-9-12-8-17-13(21-12)11-4-2-1-3-5-11/h1-5,8,18H,6-7,9-10H2,(H2,16,19). The Morgan fingerprint density at radius 2 is 2.19 bits per heavy atom. The van der Waals surface area contributed by atoms with Crippen molar-refractivity contribution in [2.75, 3.05) is 13.2 Å². The molecule has 1 aromatic heterocycles. The maximum Gasteiger partial charge on any atom is 0.240 e. The molecule has 1 saturated heterocycles. The number of primary amides is 1. The van der Waals surface area contributed by atoms with Gasteiger partial charge in [0.25, 0.3) is 0 Å². The van der Waals surface area contributed by atoms with Crippen LogP contribution < -0.4 is 11.1 Å². The molecule has 1 aliphatic rings. The van der Waals surface area contributed by atoms with E-state index in [9.17, 15) is 4.79 Å². The van der Waals surface area contributed by atoms with Crippen LogP contribution in [-0.4, -0.2) is 29.6 Å². The van der Waals surface area contributed by atoms with Crippen LogP contribution in [0.25, 0.3) is 11.5 Å². The van der Waals surface area contributed by atoms with Crippen molar-refractivity contribution in [1.82, 2.24) is 10.3 Å². The fraction of sp³-hybridized carbons (Fsp3) is 0.333. The number of nitrogens with two attached hydrogens (primary N) is 1. The van der Waals surface area contributed by atoms with Gasteiger partial charge in [0.15, 0.2) is 0 Å². The van der Waals surface area contributed by atoms with Gasteiger partial charge >= 0.3 is 0 Å². The second-order valence-electron chi connectivity index (χ2n) is 5.10. The molecule has 1 fully saturated rings. The first-order valence-corrected chi connectivity index (χ1v) is 6.82. The lowest BCUT2D eigenvalue weighted by Crippen LogP contribution is -2.55. The van der Waals surface area contributed by atoms with Gasteiger partial charge in [0.05, 0.1) is 19.3 Å². The summed E-state index contributed by atoms with van der Waals surface area (Å²) in [6.07, 6.45) is 2.22.